The summed E-state index contributed by atoms with van der Waals surface area (Å²) in [6.45, 7) is 3.52. The number of aromatic nitrogens is 2. The van der Waals surface area contributed by atoms with Gasteiger partial charge in [-0.1, -0.05) is 24.2 Å². The Balaban J connectivity index is 1.83. The summed E-state index contributed by atoms with van der Waals surface area (Å²) < 4.78 is 10.2. The van der Waals surface area contributed by atoms with Crippen LogP contribution in [0.1, 0.15) is 34.7 Å². The number of benzene rings is 1. The van der Waals surface area contributed by atoms with Gasteiger partial charge >= 0.3 is 0 Å². The molecule has 110 valence electrons. The number of aryl methyl sites for hydroxylation is 1. The molecule has 1 aromatic heterocycles. The van der Waals surface area contributed by atoms with Crippen LogP contribution in [-0.2, 0) is 11.2 Å². The average Bonchev–Trinajstić information content (AvgIpc) is 3.08. The quantitative estimate of drug-likeness (QED) is 0.861. The summed E-state index contributed by atoms with van der Waals surface area (Å²) >= 11 is 0. The minimum absolute atomic E-state index is 0.0317. The Bertz CT molecular complexity index is 595. The highest BCUT2D eigenvalue weighted by Gasteiger charge is 2.32. The van der Waals surface area contributed by atoms with E-state index in [-0.39, 0.29) is 11.9 Å². The summed E-state index contributed by atoms with van der Waals surface area (Å²) in [5.41, 5.74) is 1.88. The molecule has 2 heterocycles. The van der Waals surface area contributed by atoms with Crippen LogP contribution < -0.4 is 0 Å². The number of carbonyl (C=O) groups is 1. The van der Waals surface area contributed by atoms with Crippen molar-refractivity contribution in [2.45, 2.75) is 19.4 Å². The van der Waals surface area contributed by atoms with E-state index in [2.05, 4.69) is 17.1 Å². The minimum Gasteiger partial charge on any atom is -0.377 e. The molecular formula is C15H17N3O3. The third kappa shape index (κ3) is 2.80. The van der Waals surface area contributed by atoms with Gasteiger partial charge in [-0.15, -0.1) is 0 Å². The maximum atomic E-state index is 12.7. The predicted octanol–water partition coefficient (Wildman–Crippen LogP) is 1.85. The van der Waals surface area contributed by atoms with Gasteiger partial charge in [-0.2, -0.15) is 4.98 Å². The minimum atomic E-state index is -0.296. The number of hydrogen-bond acceptors (Lipinski definition) is 5. The Morgan fingerprint density at radius 1 is 1.38 bits per heavy atom. The highest BCUT2D eigenvalue weighted by atomic mass is 16.5. The predicted molar refractivity (Wildman–Crippen MR) is 74.7 cm³/mol. The largest absolute Gasteiger partial charge is 0.377 e. The number of hydrogen-bond donors (Lipinski definition) is 0. The van der Waals surface area contributed by atoms with Crippen molar-refractivity contribution in [3.63, 3.8) is 0 Å². The van der Waals surface area contributed by atoms with Crippen molar-refractivity contribution < 1.29 is 14.1 Å². The lowest BCUT2D eigenvalue weighted by Crippen LogP contribution is -2.43. The smallest absolute Gasteiger partial charge is 0.254 e. The van der Waals surface area contributed by atoms with Crippen LogP contribution >= 0.6 is 0 Å². The van der Waals surface area contributed by atoms with E-state index in [9.17, 15) is 4.79 Å². The fourth-order valence-corrected chi connectivity index (χ4v) is 2.44. The van der Waals surface area contributed by atoms with Crippen LogP contribution in [0.2, 0.25) is 0 Å². The zero-order valence-corrected chi connectivity index (χ0v) is 11.9. The first kappa shape index (κ1) is 13.8. The summed E-state index contributed by atoms with van der Waals surface area (Å²) in [6, 6.07) is 7.40. The third-order valence-corrected chi connectivity index (χ3v) is 3.67. The lowest BCUT2D eigenvalue weighted by atomic mass is 10.1. The van der Waals surface area contributed by atoms with Crippen LogP contribution in [-0.4, -0.2) is 40.7 Å². The molecule has 0 radical (unpaired) electrons. The summed E-state index contributed by atoms with van der Waals surface area (Å²) in [7, 11) is 0. The number of nitrogens with zero attached hydrogens (tertiary/aromatic N) is 3. The fraction of sp³-hybridized carbons (Fsp3) is 0.400. The highest BCUT2D eigenvalue weighted by Crippen LogP contribution is 2.23. The lowest BCUT2D eigenvalue weighted by Gasteiger charge is -2.33. The monoisotopic (exact) mass is 287 g/mol. The second-order valence-corrected chi connectivity index (χ2v) is 4.93. The molecule has 0 aliphatic carbocycles. The lowest BCUT2D eigenvalue weighted by molar-refractivity contribution is -0.00576. The number of ether oxygens (including phenoxy) is 1. The maximum Gasteiger partial charge on any atom is 0.254 e. The number of morpholine rings is 1. The van der Waals surface area contributed by atoms with Crippen molar-refractivity contribution in [2.24, 2.45) is 0 Å². The standard InChI is InChI=1S/C15H17N3O3/c1-2-11-3-5-12(6-4-11)15(19)18-7-8-20-9-13(18)14-16-10-21-17-14/h3-6,10,13H,2,7-9H2,1H3/t13-/m0/s1. The van der Waals surface area contributed by atoms with Crippen molar-refractivity contribution in [2.75, 3.05) is 19.8 Å². The van der Waals surface area contributed by atoms with Crippen molar-refractivity contribution in [3.05, 3.63) is 47.6 Å². The molecule has 0 spiro atoms. The van der Waals surface area contributed by atoms with Gasteiger partial charge in [0, 0.05) is 12.1 Å². The first-order valence-electron chi connectivity index (χ1n) is 7.03. The molecule has 1 saturated heterocycles. The normalized spacial score (nSPS) is 18.7. The molecule has 0 N–H and O–H groups in total. The van der Waals surface area contributed by atoms with E-state index in [0.29, 0.717) is 31.1 Å². The molecule has 1 amide bonds. The molecule has 0 unspecified atom stereocenters. The van der Waals surface area contributed by atoms with E-state index in [0.717, 1.165) is 6.42 Å². The van der Waals surface area contributed by atoms with Crippen molar-refractivity contribution in [1.82, 2.24) is 15.0 Å². The van der Waals surface area contributed by atoms with E-state index >= 15 is 0 Å². The molecule has 0 saturated carbocycles. The van der Waals surface area contributed by atoms with E-state index in [1.807, 2.05) is 24.3 Å². The molecule has 2 aromatic rings. The van der Waals surface area contributed by atoms with Crippen LogP contribution in [0.4, 0.5) is 0 Å². The van der Waals surface area contributed by atoms with Crippen molar-refractivity contribution >= 4 is 5.91 Å². The van der Waals surface area contributed by atoms with Crippen LogP contribution in [0, 0.1) is 0 Å². The summed E-state index contributed by atoms with van der Waals surface area (Å²) in [4.78, 5) is 18.5. The Morgan fingerprint density at radius 2 is 2.19 bits per heavy atom. The number of carbonyl (C=O) groups excluding carboxylic acids is 1. The Morgan fingerprint density at radius 3 is 2.86 bits per heavy atom. The van der Waals surface area contributed by atoms with Gasteiger partial charge < -0.3 is 14.2 Å². The SMILES string of the molecule is CCc1ccc(C(=O)N2CCOC[C@H]2c2ncon2)cc1. The molecule has 1 aromatic carbocycles. The molecule has 1 atom stereocenters. The molecule has 3 rings (SSSR count). The van der Waals surface area contributed by atoms with Gasteiger partial charge in [0.25, 0.3) is 5.91 Å². The summed E-state index contributed by atoms with van der Waals surface area (Å²) in [5, 5.41) is 3.83. The number of amides is 1. The second-order valence-electron chi connectivity index (χ2n) is 4.93. The molecule has 6 nitrogen and oxygen atoms in total. The molecule has 1 aliphatic heterocycles. The van der Waals surface area contributed by atoms with Gasteiger partial charge in [0.2, 0.25) is 6.39 Å². The van der Waals surface area contributed by atoms with Crippen LogP contribution in [0.15, 0.2) is 35.2 Å². The Hall–Kier alpha value is -2.21. The molecule has 1 aliphatic rings. The molecule has 6 heteroatoms. The van der Waals surface area contributed by atoms with Gasteiger partial charge in [0.05, 0.1) is 13.2 Å². The third-order valence-electron chi connectivity index (χ3n) is 3.67. The molecule has 1 fully saturated rings. The first-order chi connectivity index (χ1) is 10.3. The van der Waals surface area contributed by atoms with Crippen molar-refractivity contribution in [1.29, 1.82) is 0 Å². The van der Waals surface area contributed by atoms with Gasteiger partial charge in [0.1, 0.15) is 6.04 Å². The van der Waals surface area contributed by atoms with E-state index < -0.39 is 0 Å². The van der Waals surface area contributed by atoms with E-state index in [1.165, 1.54) is 12.0 Å². The average molecular weight is 287 g/mol. The van der Waals surface area contributed by atoms with Gasteiger partial charge in [-0.25, -0.2) is 0 Å². The van der Waals surface area contributed by atoms with Gasteiger partial charge in [-0.05, 0) is 24.1 Å². The molecule has 0 bridgehead atoms. The summed E-state index contributed by atoms with van der Waals surface area (Å²) in [5.74, 6) is 0.448. The van der Waals surface area contributed by atoms with Crippen LogP contribution in [0.3, 0.4) is 0 Å². The van der Waals surface area contributed by atoms with Crippen molar-refractivity contribution in [3.8, 4) is 0 Å². The van der Waals surface area contributed by atoms with Gasteiger partial charge in [-0.3, -0.25) is 4.79 Å². The van der Waals surface area contributed by atoms with Gasteiger partial charge in [0.15, 0.2) is 5.82 Å². The van der Waals surface area contributed by atoms with Crippen LogP contribution in [0.25, 0.3) is 0 Å². The van der Waals surface area contributed by atoms with E-state index in [1.54, 1.807) is 4.90 Å². The zero-order chi connectivity index (χ0) is 14.7. The highest BCUT2D eigenvalue weighted by molar-refractivity contribution is 5.94. The topological polar surface area (TPSA) is 68.5 Å². The first-order valence-corrected chi connectivity index (χ1v) is 7.03. The van der Waals surface area contributed by atoms with E-state index in [4.69, 9.17) is 9.26 Å². The summed E-state index contributed by atoms with van der Waals surface area (Å²) in [6.07, 6.45) is 2.22. The molecule has 21 heavy (non-hydrogen) atoms. The number of rotatable bonds is 3. The molecular weight excluding hydrogens is 270 g/mol. The Kier molecular flexibility index (Phi) is 3.96. The zero-order valence-electron chi connectivity index (χ0n) is 11.9. The fourth-order valence-electron chi connectivity index (χ4n) is 2.44. The van der Waals surface area contributed by atoms with Crippen LogP contribution in [0.5, 0.6) is 0 Å². The second kappa shape index (κ2) is 6.05. The maximum absolute atomic E-state index is 12.7. The Labute approximate surface area is 122 Å².